The second-order valence-electron chi connectivity index (χ2n) is 18.2. The molecule has 0 amide bonds. The van der Waals surface area contributed by atoms with Gasteiger partial charge in [0.1, 0.15) is 0 Å². The lowest BCUT2D eigenvalue weighted by molar-refractivity contribution is 1.25. The molecule has 0 aliphatic carbocycles. The van der Waals surface area contributed by atoms with Crippen molar-refractivity contribution in [1.29, 1.82) is 0 Å². The lowest BCUT2D eigenvalue weighted by Crippen LogP contribution is -2.14. The maximum Gasteiger partial charge on any atom is 0.0488 e. The first-order valence-corrected chi connectivity index (χ1v) is 24.6. The van der Waals surface area contributed by atoms with Gasteiger partial charge in [0, 0.05) is 34.1 Å². The molecule has 0 radical (unpaired) electrons. The van der Waals surface area contributed by atoms with Crippen LogP contribution in [0.3, 0.4) is 0 Å². The van der Waals surface area contributed by atoms with Crippen molar-refractivity contribution in [1.82, 2.24) is 0 Å². The van der Waals surface area contributed by atoms with Gasteiger partial charge >= 0.3 is 0 Å². The Morgan fingerprint density at radius 1 is 0.167 bits per heavy atom. The summed E-state index contributed by atoms with van der Waals surface area (Å²) >= 11 is 0. The van der Waals surface area contributed by atoms with Crippen molar-refractivity contribution in [3.05, 3.63) is 303 Å². The van der Waals surface area contributed by atoms with Crippen LogP contribution < -0.4 is 9.80 Å². The summed E-state index contributed by atoms with van der Waals surface area (Å²) in [6.45, 7) is 0. The van der Waals surface area contributed by atoms with E-state index in [-0.39, 0.29) is 0 Å². The molecule has 0 aliphatic rings. The molecule has 0 aliphatic heterocycles. The largest absolute Gasteiger partial charge is 0.310 e. The summed E-state index contributed by atoms with van der Waals surface area (Å²) in [6.07, 6.45) is 0. The minimum absolute atomic E-state index is 1.04. The Morgan fingerprint density at radius 3 is 0.764 bits per heavy atom. The fourth-order valence-corrected chi connectivity index (χ4v) is 9.97. The van der Waals surface area contributed by atoms with Crippen LogP contribution in [-0.2, 0) is 0 Å². The second-order valence-corrected chi connectivity index (χ2v) is 18.2. The molecule has 0 heterocycles. The lowest BCUT2D eigenvalue weighted by Gasteiger charge is -2.31. The van der Waals surface area contributed by atoms with Crippen molar-refractivity contribution >= 4 is 44.9 Å². The summed E-state index contributed by atoms with van der Waals surface area (Å²) in [5.74, 6) is 0. The van der Waals surface area contributed by atoms with Gasteiger partial charge in [-0.25, -0.2) is 0 Å². The Hall–Kier alpha value is -9.50. The molecule has 0 saturated heterocycles. The minimum atomic E-state index is 1.04. The molecule has 0 spiro atoms. The third-order valence-electron chi connectivity index (χ3n) is 13.7. The third-order valence-corrected chi connectivity index (χ3v) is 13.7. The highest BCUT2D eigenvalue weighted by atomic mass is 15.2. The summed E-state index contributed by atoms with van der Waals surface area (Å²) in [6, 6.07) is 110. The van der Waals surface area contributed by atoms with Crippen LogP contribution in [0.2, 0.25) is 0 Å². The van der Waals surface area contributed by atoms with E-state index in [1.165, 1.54) is 66.4 Å². The van der Waals surface area contributed by atoms with Gasteiger partial charge in [-0.15, -0.1) is 0 Å². The number of hydrogen-bond donors (Lipinski definition) is 0. The van der Waals surface area contributed by atoms with Crippen molar-refractivity contribution in [2.45, 2.75) is 0 Å². The van der Waals surface area contributed by atoms with Gasteiger partial charge in [0.2, 0.25) is 0 Å². The molecule has 12 aromatic carbocycles. The first-order chi connectivity index (χ1) is 35.7. The number of fused-ring (bicyclic) bond motifs is 1. The summed E-state index contributed by atoms with van der Waals surface area (Å²) in [5.41, 5.74) is 20.4. The maximum absolute atomic E-state index is 2.41. The minimum Gasteiger partial charge on any atom is -0.310 e. The van der Waals surface area contributed by atoms with Crippen molar-refractivity contribution in [2.24, 2.45) is 0 Å². The molecular weight excluding hydrogens is 869 g/mol. The Balaban J connectivity index is 1.04. The molecular formula is C70H50N2. The predicted octanol–water partition coefficient (Wildman–Crippen LogP) is 19.8. The van der Waals surface area contributed by atoms with E-state index in [4.69, 9.17) is 0 Å². The van der Waals surface area contributed by atoms with Gasteiger partial charge in [-0.3, -0.25) is 0 Å². The highest BCUT2D eigenvalue weighted by Gasteiger charge is 2.21. The molecule has 0 N–H and O–H groups in total. The average molecular weight is 919 g/mol. The zero-order valence-corrected chi connectivity index (χ0v) is 39.8. The predicted molar refractivity (Wildman–Crippen MR) is 306 cm³/mol. The molecule has 2 nitrogen and oxygen atoms in total. The molecule has 12 rings (SSSR count). The zero-order chi connectivity index (χ0) is 48.1. The van der Waals surface area contributed by atoms with E-state index in [1.807, 2.05) is 0 Å². The Kier molecular flexibility index (Phi) is 12.1. The molecule has 0 bridgehead atoms. The topological polar surface area (TPSA) is 6.48 Å². The standard InChI is InChI=1S/C70H50N2/c1-5-16-51(17-6-1)55-28-30-56(31-29-55)60-38-46-66(47-39-60)72(65-44-36-59(37-45-65)54-22-11-4-12-23-54)68-49-62(70-27-15-25-61-24-13-14-26-69(61)70)48-67(50-68)71(63-40-32-57(33-41-63)52-18-7-2-8-19-52)64-42-34-58(35-43-64)53-20-9-3-10-21-53/h1-50H. The van der Waals surface area contributed by atoms with Crippen LogP contribution in [0.4, 0.5) is 34.1 Å². The van der Waals surface area contributed by atoms with E-state index in [0.29, 0.717) is 0 Å². The van der Waals surface area contributed by atoms with Crippen LogP contribution in [0.1, 0.15) is 0 Å². The van der Waals surface area contributed by atoms with E-state index < -0.39 is 0 Å². The molecule has 72 heavy (non-hydrogen) atoms. The van der Waals surface area contributed by atoms with E-state index in [9.17, 15) is 0 Å². The number of hydrogen-bond acceptors (Lipinski definition) is 2. The van der Waals surface area contributed by atoms with Gasteiger partial charge in [-0.05, 0) is 144 Å². The van der Waals surface area contributed by atoms with Crippen LogP contribution in [0.5, 0.6) is 0 Å². The third kappa shape index (κ3) is 9.09. The van der Waals surface area contributed by atoms with Crippen LogP contribution in [0.15, 0.2) is 303 Å². The van der Waals surface area contributed by atoms with Crippen LogP contribution in [-0.4, -0.2) is 0 Å². The second kappa shape index (κ2) is 19.8. The first kappa shape index (κ1) is 43.8. The monoisotopic (exact) mass is 918 g/mol. The zero-order valence-electron chi connectivity index (χ0n) is 39.8. The smallest absolute Gasteiger partial charge is 0.0488 e. The van der Waals surface area contributed by atoms with Gasteiger partial charge in [0.05, 0.1) is 0 Å². The van der Waals surface area contributed by atoms with Crippen LogP contribution in [0.25, 0.3) is 77.5 Å². The first-order valence-electron chi connectivity index (χ1n) is 24.6. The van der Waals surface area contributed by atoms with Crippen LogP contribution >= 0.6 is 0 Å². The lowest BCUT2D eigenvalue weighted by atomic mass is 9.96. The highest BCUT2D eigenvalue weighted by molar-refractivity contribution is 5.99. The van der Waals surface area contributed by atoms with Crippen molar-refractivity contribution < 1.29 is 0 Å². The van der Waals surface area contributed by atoms with Crippen LogP contribution in [0, 0.1) is 0 Å². The highest BCUT2D eigenvalue weighted by Crippen LogP contribution is 2.45. The maximum atomic E-state index is 2.41. The summed E-state index contributed by atoms with van der Waals surface area (Å²) in [4.78, 5) is 4.81. The van der Waals surface area contributed by atoms with E-state index in [2.05, 4.69) is 313 Å². The molecule has 2 heteroatoms. The van der Waals surface area contributed by atoms with Gasteiger partial charge in [-0.1, -0.05) is 237 Å². The van der Waals surface area contributed by atoms with Gasteiger partial charge in [0.15, 0.2) is 0 Å². The quantitative estimate of drug-likeness (QED) is 0.120. The fourth-order valence-electron chi connectivity index (χ4n) is 9.97. The molecule has 0 aromatic heterocycles. The van der Waals surface area contributed by atoms with Crippen molar-refractivity contribution in [3.63, 3.8) is 0 Å². The normalized spacial score (nSPS) is 11.1. The summed E-state index contributed by atoms with van der Waals surface area (Å²) in [5, 5.41) is 2.41. The van der Waals surface area contributed by atoms with Gasteiger partial charge < -0.3 is 9.80 Å². The van der Waals surface area contributed by atoms with E-state index in [0.717, 1.165) is 45.3 Å². The molecule has 0 fully saturated rings. The van der Waals surface area contributed by atoms with Gasteiger partial charge in [-0.2, -0.15) is 0 Å². The Morgan fingerprint density at radius 2 is 0.431 bits per heavy atom. The molecule has 0 saturated carbocycles. The number of benzene rings is 12. The number of nitrogens with zero attached hydrogens (tertiary/aromatic N) is 2. The Labute approximate surface area is 422 Å². The molecule has 12 aromatic rings. The van der Waals surface area contributed by atoms with E-state index in [1.54, 1.807) is 0 Å². The van der Waals surface area contributed by atoms with Gasteiger partial charge in [0.25, 0.3) is 0 Å². The summed E-state index contributed by atoms with van der Waals surface area (Å²) < 4.78 is 0. The molecule has 0 unspecified atom stereocenters. The summed E-state index contributed by atoms with van der Waals surface area (Å²) in [7, 11) is 0. The number of rotatable bonds is 12. The number of anilines is 6. The molecule has 340 valence electrons. The average Bonchev–Trinajstić information content (AvgIpc) is 3.47. The molecule has 0 atom stereocenters. The SMILES string of the molecule is c1ccc(-c2ccc(-c3ccc(N(c4ccc(-c5ccccc5)cc4)c4cc(-c5cccc6ccccc56)cc(N(c5ccc(-c6ccccc6)cc5)c5ccc(-c6ccccc6)cc5)c4)cc3)cc2)cc1. The van der Waals surface area contributed by atoms with E-state index >= 15 is 0 Å². The fraction of sp³-hybridized carbons (Fsp3) is 0. The Bertz CT molecular complexity index is 3630. The van der Waals surface area contributed by atoms with Crippen molar-refractivity contribution in [2.75, 3.05) is 9.80 Å². The van der Waals surface area contributed by atoms with Crippen molar-refractivity contribution in [3.8, 4) is 66.8 Å².